The molecule has 1 unspecified atom stereocenters. The first-order valence-electron chi connectivity index (χ1n) is 6.18. The molecule has 0 aliphatic carbocycles. The topological polar surface area (TPSA) is 52.6 Å². The Morgan fingerprint density at radius 1 is 1.39 bits per heavy atom. The number of esters is 2. The molecule has 1 aliphatic rings. The molecule has 0 spiro atoms. The Balaban J connectivity index is 1.96. The van der Waals surface area contributed by atoms with Gasteiger partial charge in [-0.05, 0) is 12.5 Å². The van der Waals surface area contributed by atoms with Crippen LogP contribution in [0.3, 0.4) is 0 Å². The smallest absolute Gasteiger partial charge is 0.339 e. The van der Waals surface area contributed by atoms with Crippen molar-refractivity contribution in [1.29, 1.82) is 0 Å². The van der Waals surface area contributed by atoms with E-state index in [9.17, 15) is 9.59 Å². The van der Waals surface area contributed by atoms with Crippen LogP contribution in [0, 0.1) is 0 Å². The first kappa shape index (κ1) is 12.6. The van der Waals surface area contributed by atoms with Crippen molar-refractivity contribution in [2.75, 3.05) is 6.61 Å². The van der Waals surface area contributed by atoms with Crippen LogP contribution in [0.4, 0.5) is 0 Å². The Morgan fingerprint density at radius 3 is 2.94 bits per heavy atom. The highest BCUT2D eigenvalue weighted by Gasteiger charge is 2.32. The summed E-state index contributed by atoms with van der Waals surface area (Å²) in [6.45, 7) is 2.46. The van der Waals surface area contributed by atoms with Gasteiger partial charge < -0.3 is 9.47 Å². The number of carbonyl (C=O) groups excluding carboxylic acids is 2. The molecule has 1 aromatic carbocycles. The number of ether oxygens (including phenoxy) is 2. The van der Waals surface area contributed by atoms with Gasteiger partial charge in [0.25, 0.3) is 0 Å². The molecule has 1 heterocycles. The van der Waals surface area contributed by atoms with Crippen molar-refractivity contribution in [3.05, 3.63) is 35.4 Å². The van der Waals surface area contributed by atoms with Gasteiger partial charge in [0.15, 0.2) is 0 Å². The maximum atomic E-state index is 11.6. The van der Waals surface area contributed by atoms with Crippen LogP contribution >= 0.6 is 0 Å². The minimum atomic E-state index is -0.497. The van der Waals surface area contributed by atoms with Crippen LogP contribution in [0.15, 0.2) is 24.3 Å². The fraction of sp³-hybridized carbons (Fsp3) is 0.429. The van der Waals surface area contributed by atoms with Crippen LogP contribution in [-0.2, 0) is 14.3 Å². The van der Waals surface area contributed by atoms with Gasteiger partial charge in [0.2, 0.25) is 0 Å². The molecule has 4 nitrogen and oxygen atoms in total. The molecule has 0 amide bonds. The van der Waals surface area contributed by atoms with E-state index in [1.54, 1.807) is 12.1 Å². The molecule has 1 atom stereocenters. The van der Waals surface area contributed by atoms with Gasteiger partial charge in [-0.15, -0.1) is 0 Å². The lowest BCUT2D eigenvalue weighted by molar-refractivity contribution is -0.145. The van der Waals surface area contributed by atoms with Crippen molar-refractivity contribution in [2.24, 2.45) is 0 Å². The lowest BCUT2D eigenvalue weighted by Gasteiger charge is -2.10. The lowest BCUT2D eigenvalue weighted by atomic mass is 10.0. The van der Waals surface area contributed by atoms with Crippen molar-refractivity contribution >= 4 is 11.9 Å². The SMILES string of the molecule is CCCCOC(=O)CC1OC(=O)c2ccccc21. The van der Waals surface area contributed by atoms with Crippen molar-refractivity contribution in [3.63, 3.8) is 0 Å². The highest BCUT2D eigenvalue weighted by atomic mass is 16.6. The molecule has 0 radical (unpaired) electrons. The predicted molar refractivity (Wildman–Crippen MR) is 65.1 cm³/mol. The summed E-state index contributed by atoms with van der Waals surface area (Å²) >= 11 is 0. The Hall–Kier alpha value is -1.84. The average Bonchev–Trinajstić information content (AvgIpc) is 2.67. The summed E-state index contributed by atoms with van der Waals surface area (Å²) in [5, 5.41) is 0. The Kier molecular flexibility index (Phi) is 3.97. The van der Waals surface area contributed by atoms with E-state index in [4.69, 9.17) is 9.47 Å². The molecular weight excluding hydrogens is 232 g/mol. The minimum absolute atomic E-state index is 0.0897. The molecule has 0 fully saturated rings. The predicted octanol–water partition coefficient (Wildman–Crippen LogP) is 2.63. The molecule has 18 heavy (non-hydrogen) atoms. The molecule has 0 bridgehead atoms. The molecule has 0 aromatic heterocycles. The zero-order valence-electron chi connectivity index (χ0n) is 10.3. The van der Waals surface area contributed by atoms with Crippen molar-refractivity contribution in [2.45, 2.75) is 32.3 Å². The zero-order chi connectivity index (χ0) is 13.0. The second-order valence-electron chi connectivity index (χ2n) is 4.26. The standard InChI is InChI=1S/C14H16O4/c1-2-3-8-17-13(15)9-12-10-6-4-5-7-11(10)14(16)18-12/h4-7,12H,2-3,8-9H2,1H3. The van der Waals surface area contributed by atoms with Gasteiger partial charge in [0.1, 0.15) is 6.10 Å². The van der Waals surface area contributed by atoms with Gasteiger partial charge in [-0.2, -0.15) is 0 Å². The number of benzene rings is 1. The Bertz CT molecular complexity index is 453. The summed E-state index contributed by atoms with van der Waals surface area (Å²) in [5.41, 5.74) is 1.32. The largest absolute Gasteiger partial charge is 0.466 e. The summed E-state index contributed by atoms with van der Waals surface area (Å²) in [6.07, 6.45) is 1.43. The van der Waals surface area contributed by atoms with E-state index < -0.39 is 6.10 Å². The van der Waals surface area contributed by atoms with Crippen LogP contribution < -0.4 is 0 Å². The molecule has 1 aliphatic heterocycles. The lowest BCUT2D eigenvalue weighted by Crippen LogP contribution is -2.11. The third-order valence-electron chi connectivity index (χ3n) is 2.89. The number of hydrogen-bond acceptors (Lipinski definition) is 4. The van der Waals surface area contributed by atoms with E-state index in [0.29, 0.717) is 12.2 Å². The highest BCUT2D eigenvalue weighted by Crippen LogP contribution is 2.32. The number of fused-ring (bicyclic) bond motifs is 1. The van der Waals surface area contributed by atoms with Crippen molar-refractivity contribution in [3.8, 4) is 0 Å². The third kappa shape index (κ3) is 2.70. The zero-order valence-corrected chi connectivity index (χ0v) is 10.3. The summed E-state index contributed by atoms with van der Waals surface area (Å²) < 4.78 is 10.2. The summed E-state index contributed by atoms with van der Waals surface area (Å²) in [6, 6.07) is 7.13. The summed E-state index contributed by atoms with van der Waals surface area (Å²) in [7, 11) is 0. The molecule has 4 heteroatoms. The van der Waals surface area contributed by atoms with Crippen LogP contribution in [0.1, 0.15) is 48.2 Å². The van der Waals surface area contributed by atoms with Gasteiger partial charge in [-0.3, -0.25) is 4.79 Å². The van der Waals surface area contributed by atoms with Gasteiger partial charge in [0, 0.05) is 5.56 Å². The first-order chi connectivity index (χ1) is 8.72. The van der Waals surface area contributed by atoms with Crippen LogP contribution in [0.5, 0.6) is 0 Å². The van der Waals surface area contributed by atoms with Crippen LogP contribution in [0.2, 0.25) is 0 Å². The average molecular weight is 248 g/mol. The third-order valence-corrected chi connectivity index (χ3v) is 2.89. The molecule has 1 aromatic rings. The van der Waals surface area contributed by atoms with Gasteiger partial charge in [-0.1, -0.05) is 31.5 Å². The highest BCUT2D eigenvalue weighted by molar-refractivity contribution is 5.94. The molecule has 2 rings (SSSR count). The van der Waals surface area contributed by atoms with Gasteiger partial charge in [0.05, 0.1) is 18.6 Å². The van der Waals surface area contributed by atoms with E-state index in [-0.39, 0.29) is 18.4 Å². The maximum absolute atomic E-state index is 11.6. The van der Waals surface area contributed by atoms with Crippen LogP contribution in [-0.4, -0.2) is 18.5 Å². The number of rotatable bonds is 5. The van der Waals surface area contributed by atoms with Crippen molar-refractivity contribution < 1.29 is 19.1 Å². The normalized spacial score (nSPS) is 17.2. The summed E-state index contributed by atoms with van der Waals surface area (Å²) in [5.74, 6) is -0.685. The second-order valence-corrected chi connectivity index (χ2v) is 4.26. The molecular formula is C14H16O4. The second kappa shape index (κ2) is 5.67. The van der Waals surface area contributed by atoms with E-state index in [1.165, 1.54) is 0 Å². The van der Waals surface area contributed by atoms with Crippen molar-refractivity contribution in [1.82, 2.24) is 0 Å². The van der Waals surface area contributed by atoms with E-state index in [0.717, 1.165) is 18.4 Å². The number of unbranched alkanes of at least 4 members (excludes halogenated alkanes) is 1. The van der Waals surface area contributed by atoms with Gasteiger partial charge in [-0.25, -0.2) is 4.79 Å². The quantitative estimate of drug-likeness (QED) is 0.593. The molecule has 0 saturated carbocycles. The number of cyclic esters (lactones) is 1. The monoisotopic (exact) mass is 248 g/mol. The maximum Gasteiger partial charge on any atom is 0.339 e. The molecule has 0 N–H and O–H groups in total. The number of hydrogen-bond donors (Lipinski definition) is 0. The van der Waals surface area contributed by atoms with Gasteiger partial charge >= 0.3 is 11.9 Å². The van der Waals surface area contributed by atoms with E-state index in [1.807, 2.05) is 19.1 Å². The molecule has 96 valence electrons. The fourth-order valence-electron chi connectivity index (χ4n) is 1.91. The molecule has 0 saturated heterocycles. The van der Waals surface area contributed by atoms with E-state index >= 15 is 0 Å². The Labute approximate surface area is 106 Å². The first-order valence-corrected chi connectivity index (χ1v) is 6.18. The van der Waals surface area contributed by atoms with Crippen LogP contribution in [0.25, 0.3) is 0 Å². The Morgan fingerprint density at radius 2 is 2.17 bits per heavy atom. The number of carbonyl (C=O) groups is 2. The van der Waals surface area contributed by atoms with E-state index in [2.05, 4.69) is 0 Å². The summed E-state index contributed by atoms with van der Waals surface area (Å²) in [4.78, 5) is 23.1. The fourth-order valence-corrected chi connectivity index (χ4v) is 1.91. The minimum Gasteiger partial charge on any atom is -0.466 e.